The molecule has 5 heteroatoms. The van der Waals surface area contributed by atoms with E-state index in [4.69, 9.17) is 27.6 Å². The molecular formula is C8H9Cl2NO2. The summed E-state index contributed by atoms with van der Waals surface area (Å²) in [7, 11) is 1.61. The number of hydrogen-bond acceptors (Lipinski definition) is 2. The third kappa shape index (κ3) is 2.94. The van der Waals surface area contributed by atoms with Crippen LogP contribution < -0.4 is 0 Å². The highest BCUT2D eigenvalue weighted by molar-refractivity contribution is 6.53. The van der Waals surface area contributed by atoms with E-state index in [9.17, 15) is 4.79 Å². The van der Waals surface area contributed by atoms with Crippen molar-refractivity contribution in [2.24, 2.45) is 0 Å². The summed E-state index contributed by atoms with van der Waals surface area (Å²) >= 11 is 10.8. The van der Waals surface area contributed by atoms with E-state index in [1.165, 1.54) is 4.90 Å². The average molecular weight is 222 g/mol. The molecule has 0 aliphatic rings. The Kier molecular flexibility index (Phi) is 3.63. The molecule has 1 heterocycles. The van der Waals surface area contributed by atoms with Gasteiger partial charge in [0, 0.05) is 7.05 Å². The second kappa shape index (κ2) is 4.53. The molecule has 0 aliphatic heterocycles. The van der Waals surface area contributed by atoms with Crippen LogP contribution in [0.15, 0.2) is 22.8 Å². The second-order valence-corrected chi connectivity index (χ2v) is 3.67. The number of halogens is 2. The Hall–Kier alpha value is -0.670. The van der Waals surface area contributed by atoms with Gasteiger partial charge in [0.15, 0.2) is 4.84 Å². The van der Waals surface area contributed by atoms with Gasteiger partial charge in [-0.1, -0.05) is 23.2 Å². The molecule has 0 fully saturated rings. The summed E-state index contributed by atoms with van der Waals surface area (Å²) in [4.78, 5) is 11.6. The lowest BCUT2D eigenvalue weighted by molar-refractivity contribution is -0.128. The average Bonchev–Trinajstić information content (AvgIpc) is 2.55. The van der Waals surface area contributed by atoms with Crippen LogP contribution in [0.3, 0.4) is 0 Å². The third-order valence-electron chi connectivity index (χ3n) is 1.54. The van der Waals surface area contributed by atoms with Crippen molar-refractivity contribution in [2.75, 3.05) is 7.05 Å². The number of rotatable bonds is 3. The normalized spacial score (nSPS) is 10.5. The van der Waals surface area contributed by atoms with Crippen molar-refractivity contribution >= 4 is 29.1 Å². The van der Waals surface area contributed by atoms with Crippen molar-refractivity contribution in [3.63, 3.8) is 0 Å². The Morgan fingerprint density at radius 1 is 1.69 bits per heavy atom. The van der Waals surface area contributed by atoms with Gasteiger partial charge in [-0.05, 0) is 12.1 Å². The number of amides is 1. The van der Waals surface area contributed by atoms with Crippen LogP contribution in [0.4, 0.5) is 0 Å². The molecule has 0 aliphatic carbocycles. The fourth-order valence-electron chi connectivity index (χ4n) is 0.881. The van der Waals surface area contributed by atoms with Crippen LogP contribution >= 0.6 is 23.2 Å². The molecule has 0 N–H and O–H groups in total. The van der Waals surface area contributed by atoms with Crippen LogP contribution in [0.2, 0.25) is 0 Å². The van der Waals surface area contributed by atoms with Crippen LogP contribution in [-0.2, 0) is 11.3 Å². The van der Waals surface area contributed by atoms with Gasteiger partial charge < -0.3 is 9.32 Å². The van der Waals surface area contributed by atoms with Gasteiger partial charge in [0.1, 0.15) is 5.76 Å². The Morgan fingerprint density at radius 2 is 2.38 bits per heavy atom. The van der Waals surface area contributed by atoms with Gasteiger partial charge in [0.2, 0.25) is 0 Å². The van der Waals surface area contributed by atoms with Crippen molar-refractivity contribution in [1.29, 1.82) is 0 Å². The maximum absolute atomic E-state index is 11.2. The quantitative estimate of drug-likeness (QED) is 0.733. The number of furan rings is 1. The van der Waals surface area contributed by atoms with E-state index in [0.29, 0.717) is 12.3 Å². The first kappa shape index (κ1) is 10.4. The fourth-order valence-corrected chi connectivity index (χ4v) is 1.21. The predicted molar refractivity (Wildman–Crippen MR) is 50.7 cm³/mol. The monoisotopic (exact) mass is 221 g/mol. The molecule has 0 radical (unpaired) electrons. The lowest BCUT2D eigenvalue weighted by atomic mass is 10.4. The van der Waals surface area contributed by atoms with Gasteiger partial charge in [-0.25, -0.2) is 0 Å². The summed E-state index contributed by atoms with van der Waals surface area (Å²) in [6, 6.07) is 3.54. The summed E-state index contributed by atoms with van der Waals surface area (Å²) in [5.74, 6) is 0.365. The Labute approximate surface area is 86.2 Å². The van der Waals surface area contributed by atoms with Gasteiger partial charge in [0.05, 0.1) is 12.8 Å². The summed E-state index contributed by atoms with van der Waals surface area (Å²) in [6.45, 7) is 0.377. The zero-order valence-corrected chi connectivity index (χ0v) is 8.55. The minimum Gasteiger partial charge on any atom is -0.467 e. The molecule has 1 aromatic rings. The maximum atomic E-state index is 11.2. The number of hydrogen-bond donors (Lipinski definition) is 0. The standard InChI is InChI=1S/C8H9Cl2NO2/c1-11(8(12)7(9)10)5-6-3-2-4-13-6/h2-4,7H,5H2,1H3. The first-order valence-corrected chi connectivity index (χ1v) is 4.54. The molecule has 3 nitrogen and oxygen atoms in total. The topological polar surface area (TPSA) is 33.5 Å². The van der Waals surface area contributed by atoms with E-state index in [1.807, 2.05) is 0 Å². The van der Waals surface area contributed by atoms with Crippen LogP contribution in [0, 0.1) is 0 Å². The molecule has 0 aromatic carbocycles. The predicted octanol–water partition coefficient (Wildman–Crippen LogP) is 2.04. The Morgan fingerprint density at radius 3 is 2.85 bits per heavy atom. The smallest absolute Gasteiger partial charge is 0.256 e. The minimum absolute atomic E-state index is 0.334. The van der Waals surface area contributed by atoms with E-state index < -0.39 is 4.84 Å². The molecule has 72 valence electrons. The van der Waals surface area contributed by atoms with E-state index in [1.54, 1.807) is 25.4 Å². The Bertz CT molecular complexity index is 272. The molecule has 0 spiro atoms. The van der Waals surface area contributed by atoms with Crippen molar-refractivity contribution in [3.8, 4) is 0 Å². The lowest BCUT2D eigenvalue weighted by Gasteiger charge is -2.15. The highest BCUT2D eigenvalue weighted by atomic mass is 35.5. The molecule has 0 bridgehead atoms. The van der Waals surface area contributed by atoms with Gasteiger partial charge in [-0.2, -0.15) is 0 Å². The number of carbonyl (C=O) groups is 1. The summed E-state index contributed by atoms with van der Waals surface area (Å²) in [5.41, 5.74) is 0. The highest BCUT2D eigenvalue weighted by Gasteiger charge is 2.17. The number of carbonyl (C=O) groups excluding carboxylic acids is 1. The molecule has 1 rings (SSSR count). The van der Waals surface area contributed by atoms with E-state index >= 15 is 0 Å². The van der Waals surface area contributed by atoms with Crippen molar-refractivity contribution < 1.29 is 9.21 Å². The number of nitrogens with zero attached hydrogens (tertiary/aromatic N) is 1. The SMILES string of the molecule is CN(Cc1ccco1)C(=O)C(Cl)Cl. The van der Waals surface area contributed by atoms with Crippen molar-refractivity contribution in [2.45, 2.75) is 11.4 Å². The van der Waals surface area contributed by atoms with E-state index in [0.717, 1.165) is 0 Å². The minimum atomic E-state index is -1.01. The summed E-state index contributed by atoms with van der Waals surface area (Å²) in [6.07, 6.45) is 1.55. The molecule has 13 heavy (non-hydrogen) atoms. The van der Waals surface area contributed by atoms with Crippen molar-refractivity contribution in [3.05, 3.63) is 24.2 Å². The third-order valence-corrected chi connectivity index (χ3v) is 1.91. The Balaban J connectivity index is 2.51. The second-order valence-electron chi connectivity index (χ2n) is 2.57. The van der Waals surface area contributed by atoms with Gasteiger partial charge in [-0.3, -0.25) is 4.79 Å². The summed E-state index contributed by atoms with van der Waals surface area (Å²) < 4.78 is 5.05. The largest absolute Gasteiger partial charge is 0.467 e. The van der Waals surface area contributed by atoms with Crippen LogP contribution in [0.5, 0.6) is 0 Å². The van der Waals surface area contributed by atoms with Gasteiger partial charge in [-0.15, -0.1) is 0 Å². The summed E-state index contributed by atoms with van der Waals surface area (Å²) in [5, 5.41) is 0. The number of alkyl halides is 2. The van der Waals surface area contributed by atoms with Crippen LogP contribution in [-0.4, -0.2) is 22.7 Å². The maximum Gasteiger partial charge on any atom is 0.256 e. The molecule has 1 amide bonds. The molecule has 0 atom stereocenters. The van der Waals surface area contributed by atoms with Gasteiger partial charge in [0.25, 0.3) is 5.91 Å². The zero-order valence-electron chi connectivity index (χ0n) is 7.04. The molecule has 1 aromatic heterocycles. The zero-order chi connectivity index (χ0) is 9.84. The molecule has 0 saturated carbocycles. The highest BCUT2D eigenvalue weighted by Crippen LogP contribution is 2.09. The first-order chi connectivity index (χ1) is 6.11. The molecule has 0 unspecified atom stereocenters. The fraction of sp³-hybridized carbons (Fsp3) is 0.375. The van der Waals surface area contributed by atoms with Gasteiger partial charge >= 0.3 is 0 Å². The lowest BCUT2D eigenvalue weighted by Crippen LogP contribution is -2.30. The van der Waals surface area contributed by atoms with Crippen LogP contribution in [0.25, 0.3) is 0 Å². The van der Waals surface area contributed by atoms with Crippen LogP contribution in [0.1, 0.15) is 5.76 Å². The first-order valence-electron chi connectivity index (χ1n) is 3.67. The van der Waals surface area contributed by atoms with Crippen molar-refractivity contribution in [1.82, 2.24) is 4.90 Å². The molecule has 0 saturated heterocycles. The van der Waals surface area contributed by atoms with E-state index in [2.05, 4.69) is 0 Å². The molecular weight excluding hydrogens is 213 g/mol. The van der Waals surface area contributed by atoms with E-state index in [-0.39, 0.29) is 5.91 Å².